The number of rotatable bonds is 0. The van der Waals surface area contributed by atoms with Crippen LogP contribution in [-0.2, 0) is 4.79 Å². The van der Waals surface area contributed by atoms with Crippen LogP contribution in [0.15, 0.2) is 0 Å². The van der Waals surface area contributed by atoms with E-state index >= 15 is 0 Å². The molecular formula is C5H10N2O. The maximum Gasteiger partial charge on any atom is 0.234 e. The fourth-order valence-corrected chi connectivity index (χ4v) is 0.705. The predicted octanol–water partition coefficient (Wildman–Crippen LogP) is -0.952. The van der Waals surface area contributed by atoms with Gasteiger partial charge in [-0.1, -0.05) is 0 Å². The van der Waals surface area contributed by atoms with Gasteiger partial charge in [0.1, 0.15) is 0 Å². The Morgan fingerprint density at radius 2 is 2.75 bits per heavy atom. The third-order valence-corrected chi connectivity index (χ3v) is 1.18. The molecule has 0 aromatic rings. The van der Waals surface area contributed by atoms with E-state index < -0.39 is 0 Å². The van der Waals surface area contributed by atoms with Gasteiger partial charge in [0, 0.05) is 13.1 Å². The van der Waals surface area contributed by atoms with Crippen LogP contribution in [0.3, 0.4) is 0 Å². The van der Waals surface area contributed by atoms with E-state index in [1.165, 1.54) is 0 Å². The second-order valence-electron chi connectivity index (χ2n) is 2.01. The highest BCUT2D eigenvalue weighted by Gasteiger charge is 2.10. The number of hydrogen-bond acceptors (Lipinski definition) is 2. The maximum atomic E-state index is 10.7. The summed E-state index contributed by atoms with van der Waals surface area (Å²) in [6.45, 7) is 1.74. The number of carbonyl (C=O) groups is 1. The summed E-state index contributed by atoms with van der Waals surface area (Å²) in [5, 5.41) is 1.01. The van der Waals surface area contributed by atoms with Crippen LogP contribution in [-0.4, -0.2) is 37.5 Å². The van der Waals surface area contributed by atoms with E-state index in [0.717, 1.165) is 11.9 Å². The number of carbonyl (C=O) groups excluding carboxylic acids is 1. The molecule has 1 heterocycles. The molecule has 1 rings (SSSR count). The van der Waals surface area contributed by atoms with Gasteiger partial charge >= 0.3 is 0 Å². The van der Waals surface area contributed by atoms with Crippen LogP contribution in [0, 0.1) is 0 Å². The van der Waals surface area contributed by atoms with Gasteiger partial charge in [-0.05, 0) is 7.05 Å². The summed E-state index contributed by atoms with van der Waals surface area (Å²) in [6.07, 6.45) is 0. The van der Waals surface area contributed by atoms with Crippen molar-refractivity contribution < 1.29 is 6.21 Å². The summed E-state index contributed by atoms with van der Waals surface area (Å²) in [5.41, 5.74) is 0. The Kier molecular flexibility index (Phi) is 1.15. The standard InChI is InChI=1S/C5H10N2O/c1-7-3-2-6-5(8)4-7/h2-4H2,1H3,(H,6,8)/i/hD. The molecule has 0 bridgehead atoms. The first-order chi connectivity index (χ1) is 4.20. The van der Waals surface area contributed by atoms with Crippen molar-refractivity contribution >= 4 is 5.91 Å². The fourth-order valence-electron chi connectivity index (χ4n) is 0.705. The molecule has 1 amide bonds. The largest absolute Gasteiger partial charge is 0.354 e. The SMILES string of the molecule is [2H]N1CCN(C)CC1=O. The third-order valence-electron chi connectivity index (χ3n) is 1.18. The molecule has 1 aliphatic heterocycles. The van der Waals surface area contributed by atoms with Gasteiger partial charge in [0.2, 0.25) is 5.91 Å². The predicted molar refractivity (Wildman–Crippen MR) is 30.5 cm³/mol. The van der Waals surface area contributed by atoms with E-state index in [-0.39, 0.29) is 5.91 Å². The van der Waals surface area contributed by atoms with Crippen LogP contribution in [0.5, 0.6) is 0 Å². The van der Waals surface area contributed by atoms with Gasteiger partial charge in [-0.3, -0.25) is 9.69 Å². The summed E-state index contributed by atoms with van der Waals surface area (Å²) in [4.78, 5) is 12.6. The molecule has 0 spiro atoms. The molecule has 0 atom stereocenters. The molecular weight excluding hydrogens is 104 g/mol. The Balaban J connectivity index is 2.44. The lowest BCUT2D eigenvalue weighted by Gasteiger charge is -2.21. The topological polar surface area (TPSA) is 32.3 Å². The second-order valence-corrected chi connectivity index (χ2v) is 2.01. The van der Waals surface area contributed by atoms with Crippen molar-refractivity contribution in [1.82, 2.24) is 10.2 Å². The monoisotopic (exact) mass is 115 g/mol. The van der Waals surface area contributed by atoms with Crippen LogP contribution in [0.2, 0.25) is 1.41 Å². The Labute approximate surface area is 50.1 Å². The highest BCUT2D eigenvalue weighted by atomic mass is 16.2. The van der Waals surface area contributed by atoms with E-state index in [2.05, 4.69) is 0 Å². The highest BCUT2D eigenvalue weighted by molar-refractivity contribution is 5.78. The number of nitrogens with one attached hydrogen (secondary N) is 1. The summed E-state index contributed by atoms with van der Waals surface area (Å²) < 4.78 is 7.03. The minimum atomic E-state index is -0.108. The van der Waals surface area contributed by atoms with E-state index in [1.54, 1.807) is 0 Å². The normalized spacial score (nSPS) is 25.9. The zero-order valence-corrected chi connectivity index (χ0v) is 4.92. The van der Waals surface area contributed by atoms with Crippen molar-refractivity contribution in [2.45, 2.75) is 0 Å². The molecule has 0 aromatic heterocycles. The van der Waals surface area contributed by atoms with Gasteiger partial charge in [0.25, 0.3) is 0 Å². The summed E-state index contributed by atoms with van der Waals surface area (Å²) >= 11 is 0. The summed E-state index contributed by atoms with van der Waals surface area (Å²) in [7, 11) is 1.88. The zero-order chi connectivity index (χ0) is 6.85. The molecule has 0 aliphatic carbocycles. The third kappa shape index (κ3) is 1.20. The smallest absolute Gasteiger partial charge is 0.234 e. The lowest BCUT2D eigenvalue weighted by Crippen LogP contribution is -2.45. The molecule has 0 aromatic carbocycles. The lowest BCUT2D eigenvalue weighted by atomic mass is 10.4. The van der Waals surface area contributed by atoms with Crippen LogP contribution in [0.25, 0.3) is 0 Å². The van der Waals surface area contributed by atoms with E-state index in [0.29, 0.717) is 13.1 Å². The van der Waals surface area contributed by atoms with Crippen molar-refractivity contribution in [2.75, 3.05) is 26.7 Å². The molecule has 1 aliphatic rings. The van der Waals surface area contributed by atoms with E-state index in [9.17, 15) is 4.79 Å². The van der Waals surface area contributed by atoms with Crippen LogP contribution < -0.4 is 5.31 Å². The molecule has 1 saturated heterocycles. The highest BCUT2D eigenvalue weighted by Crippen LogP contribution is 1.85. The van der Waals surface area contributed by atoms with Gasteiger partial charge in [-0.25, -0.2) is 0 Å². The first kappa shape index (κ1) is 4.32. The minimum absolute atomic E-state index is 0.108. The van der Waals surface area contributed by atoms with Crippen molar-refractivity contribution in [3.8, 4) is 0 Å². The Bertz CT molecular complexity index is 128. The van der Waals surface area contributed by atoms with Crippen LogP contribution in [0.1, 0.15) is 0 Å². The molecule has 0 saturated carbocycles. The Morgan fingerprint density at radius 1 is 2.00 bits per heavy atom. The first-order valence-corrected chi connectivity index (χ1v) is 2.68. The number of nitrogens with zero attached hydrogens (tertiary/aromatic N) is 1. The van der Waals surface area contributed by atoms with E-state index in [1.807, 2.05) is 11.9 Å². The maximum absolute atomic E-state index is 10.7. The van der Waals surface area contributed by atoms with Gasteiger partial charge in [-0.15, -0.1) is 0 Å². The molecule has 0 radical (unpaired) electrons. The number of hydrogen-bond donors (Lipinski definition) is 1. The lowest BCUT2D eigenvalue weighted by molar-refractivity contribution is -0.123. The van der Waals surface area contributed by atoms with Gasteiger partial charge in [-0.2, -0.15) is 0 Å². The average molecular weight is 115 g/mol. The quantitative estimate of drug-likeness (QED) is 0.441. The average Bonchev–Trinajstić information content (AvgIpc) is 1.80. The fraction of sp³-hybridized carbons (Fsp3) is 0.800. The van der Waals surface area contributed by atoms with Gasteiger partial charge in [0.15, 0.2) is 1.41 Å². The van der Waals surface area contributed by atoms with Gasteiger partial charge < -0.3 is 5.31 Å². The van der Waals surface area contributed by atoms with Crippen LogP contribution >= 0.6 is 0 Å². The van der Waals surface area contributed by atoms with E-state index in [4.69, 9.17) is 1.41 Å². The van der Waals surface area contributed by atoms with Crippen molar-refractivity contribution in [1.29, 1.82) is 0 Å². The molecule has 3 nitrogen and oxygen atoms in total. The Hall–Kier alpha value is -0.570. The number of likely N-dealkylation sites (N-methyl/N-ethyl adjacent to an activating group) is 1. The molecule has 8 heavy (non-hydrogen) atoms. The van der Waals surface area contributed by atoms with Crippen molar-refractivity contribution in [2.24, 2.45) is 0 Å². The molecule has 1 N–H and O–H groups in total. The van der Waals surface area contributed by atoms with Crippen molar-refractivity contribution in [3.05, 3.63) is 0 Å². The molecule has 46 valence electrons. The summed E-state index contributed by atoms with van der Waals surface area (Å²) in [5.74, 6) is -0.108. The Morgan fingerprint density at radius 3 is 3.25 bits per heavy atom. The van der Waals surface area contributed by atoms with Gasteiger partial charge in [0.05, 0.1) is 6.54 Å². The number of piperazine rings is 1. The summed E-state index contributed by atoms with van der Waals surface area (Å²) in [6, 6.07) is 0. The molecule has 0 unspecified atom stereocenters. The minimum Gasteiger partial charge on any atom is -0.354 e. The van der Waals surface area contributed by atoms with Crippen molar-refractivity contribution in [3.63, 3.8) is 0 Å². The zero-order valence-electron chi connectivity index (χ0n) is 5.92. The first-order valence-electron chi connectivity index (χ1n) is 3.12. The molecule has 3 heteroatoms. The number of amides is 1. The second kappa shape index (κ2) is 2.13. The molecule has 1 fully saturated rings. The van der Waals surface area contributed by atoms with Crippen LogP contribution in [0.4, 0.5) is 0 Å².